The summed E-state index contributed by atoms with van der Waals surface area (Å²) in [6.07, 6.45) is 0. The van der Waals surface area contributed by atoms with E-state index in [2.05, 4.69) is 15.5 Å². The molecule has 1 aliphatic heterocycles. The lowest BCUT2D eigenvalue weighted by Crippen LogP contribution is -2.26. The summed E-state index contributed by atoms with van der Waals surface area (Å²) in [6, 6.07) is 10.0. The number of amidine groups is 1. The lowest BCUT2D eigenvalue weighted by molar-refractivity contribution is 0.964. The molecule has 1 aromatic carbocycles. The van der Waals surface area contributed by atoms with Gasteiger partial charge in [0.15, 0.2) is 0 Å². The van der Waals surface area contributed by atoms with E-state index >= 15 is 0 Å². The van der Waals surface area contributed by atoms with Crippen LogP contribution in [0, 0.1) is 0 Å². The van der Waals surface area contributed by atoms with Crippen LogP contribution in [0.25, 0.3) is 0 Å². The fourth-order valence-corrected chi connectivity index (χ4v) is 1.16. The van der Waals surface area contributed by atoms with Gasteiger partial charge in [0.1, 0.15) is 5.84 Å². The summed E-state index contributed by atoms with van der Waals surface area (Å²) < 4.78 is 0. The van der Waals surface area contributed by atoms with Gasteiger partial charge in [0.2, 0.25) is 0 Å². The quantitative estimate of drug-likeness (QED) is 0.685. The molecular formula is C10H11N3. The van der Waals surface area contributed by atoms with Gasteiger partial charge < -0.3 is 0 Å². The molecule has 66 valence electrons. The van der Waals surface area contributed by atoms with Crippen LogP contribution in [-0.4, -0.2) is 18.1 Å². The van der Waals surface area contributed by atoms with Gasteiger partial charge in [0.05, 0.1) is 12.3 Å². The monoisotopic (exact) mass is 173 g/mol. The number of aliphatic imine (C=N–C) groups is 1. The molecule has 0 aliphatic carbocycles. The first-order valence-corrected chi connectivity index (χ1v) is 4.25. The number of hydrogen-bond donors (Lipinski definition) is 1. The van der Waals surface area contributed by atoms with Crippen molar-refractivity contribution in [2.24, 2.45) is 10.1 Å². The largest absolute Gasteiger partial charge is 0.261 e. The molecule has 13 heavy (non-hydrogen) atoms. The first kappa shape index (κ1) is 7.98. The van der Waals surface area contributed by atoms with Gasteiger partial charge in [-0.3, -0.25) is 10.4 Å². The lowest BCUT2D eigenvalue weighted by Gasteiger charge is -2.11. The molecule has 1 N–H and O–H groups in total. The van der Waals surface area contributed by atoms with E-state index in [4.69, 9.17) is 0 Å². The maximum Gasteiger partial charge on any atom is 0.149 e. The molecular weight excluding hydrogens is 162 g/mol. The molecule has 0 bridgehead atoms. The van der Waals surface area contributed by atoms with Crippen LogP contribution in [0.2, 0.25) is 0 Å². The standard InChI is InChI=1S/C10H11N3/c1-8-7-11-10(13-12-8)9-5-3-2-4-6-9/h2-6H,7H2,1H3,(H,11,13). The second kappa shape index (κ2) is 3.39. The predicted molar refractivity (Wildman–Crippen MR) is 54.1 cm³/mol. The van der Waals surface area contributed by atoms with Gasteiger partial charge in [0.25, 0.3) is 0 Å². The first-order valence-electron chi connectivity index (χ1n) is 4.25. The molecule has 3 nitrogen and oxygen atoms in total. The summed E-state index contributed by atoms with van der Waals surface area (Å²) >= 11 is 0. The first-order chi connectivity index (χ1) is 6.36. The highest BCUT2D eigenvalue weighted by atomic mass is 15.3. The van der Waals surface area contributed by atoms with E-state index in [0.717, 1.165) is 17.1 Å². The molecule has 2 rings (SSSR count). The maximum absolute atomic E-state index is 4.36. The normalized spacial score (nSPS) is 15.8. The third-order valence-electron chi connectivity index (χ3n) is 1.87. The van der Waals surface area contributed by atoms with Crippen LogP contribution in [0.3, 0.4) is 0 Å². The van der Waals surface area contributed by atoms with E-state index in [0.29, 0.717) is 6.54 Å². The van der Waals surface area contributed by atoms with E-state index in [1.807, 2.05) is 37.3 Å². The summed E-state index contributed by atoms with van der Waals surface area (Å²) in [5, 5.41) is 4.12. The van der Waals surface area contributed by atoms with Crippen LogP contribution in [0.15, 0.2) is 40.4 Å². The molecule has 0 saturated heterocycles. The van der Waals surface area contributed by atoms with E-state index in [9.17, 15) is 0 Å². The fourth-order valence-electron chi connectivity index (χ4n) is 1.16. The van der Waals surface area contributed by atoms with Crippen molar-refractivity contribution in [2.45, 2.75) is 6.92 Å². The molecule has 0 saturated carbocycles. The lowest BCUT2D eigenvalue weighted by atomic mass is 10.2. The van der Waals surface area contributed by atoms with E-state index in [1.165, 1.54) is 0 Å². The van der Waals surface area contributed by atoms with Crippen LogP contribution >= 0.6 is 0 Å². The molecule has 0 radical (unpaired) electrons. The van der Waals surface area contributed by atoms with Crippen molar-refractivity contribution in [3.63, 3.8) is 0 Å². The van der Waals surface area contributed by atoms with Gasteiger partial charge in [-0.15, -0.1) is 0 Å². The van der Waals surface area contributed by atoms with Gasteiger partial charge in [-0.05, 0) is 6.92 Å². The Morgan fingerprint density at radius 1 is 1.23 bits per heavy atom. The average molecular weight is 173 g/mol. The van der Waals surface area contributed by atoms with E-state index in [1.54, 1.807) is 0 Å². The Labute approximate surface area is 77.2 Å². The highest BCUT2D eigenvalue weighted by molar-refractivity contribution is 6.02. The molecule has 1 heterocycles. The van der Waals surface area contributed by atoms with Gasteiger partial charge in [-0.1, -0.05) is 30.3 Å². The van der Waals surface area contributed by atoms with Crippen molar-refractivity contribution in [1.82, 2.24) is 5.43 Å². The van der Waals surface area contributed by atoms with E-state index < -0.39 is 0 Å². The highest BCUT2D eigenvalue weighted by Gasteiger charge is 2.05. The summed E-state index contributed by atoms with van der Waals surface area (Å²) in [7, 11) is 0. The average Bonchev–Trinajstić information content (AvgIpc) is 2.20. The minimum Gasteiger partial charge on any atom is -0.261 e. The van der Waals surface area contributed by atoms with Crippen molar-refractivity contribution in [3.8, 4) is 0 Å². The maximum atomic E-state index is 4.36. The molecule has 0 amide bonds. The Kier molecular flexibility index (Phi) is 2.08. The number of nitrogens with zero attached hydrogens (tertiary/aromatic N) is 2. The van der Waals surface area contributed by atoms with Gasteiger partial charge in [-0.2, -0.15) is 5.10 Å². The summed E-state index contributed by atoms with van der Waals surface area (Å²) in [5.41, 5.74) is 5.02. The number of hydrogen-bond acceptors (Lipinski definition) is 3. The van der Waals surface area contributed by atoms with Crippen LogP contribution in [-0.2, 0) is 0 Å². The van der Waals surface area contributed by atoms with Gasteiger partial charge >= 0.3 is 0 Å². The minimum atomic E-state index is 0.692. The molecule has 3 heteroatoms. The third kappa shape index (κ3) is 1.75. The molecule has 0 spiro atoms. The highest BCUT2D eigenvalue weighted by Crippen LogP contribution is 2.01. The zero-order chi connectivity index (χ0) is 9.10. The van der Waals surface area contributed by atoms with Crippen LogP contribution in [0.4, 0.5) is 0 Å². The third-order valence-corrected chi connectivity index (χ3v) is 1.87. The summed E-state index contributed by atoms with van der Waals surface area (Å²) in [5.74, 6) is 0.853. The van der Waals surface area contributed by atoms with Crippen molar-refractivity contribution >= 4 is 11.5 Å². The number of rotatable bonds is 1. The molecule has 1 aromatic rings. The Hall–Kier alpha value is -1.64. The van der Waals surface area contributed by atoms with E-state index in [-0.39, 0.29) is 0 Å². The Bertz CT molecular complexity index is 352. The second-order valence-corrected chi connectivity index (χ2v) is 2.99. The van der Waals surface area contributed by atoms with Crippen LogP contribution in [0.1, 0.15) is 12.5 Å². The van der Waals surface area contributed by atoms with Crippen molar-refractivity contribution in [2.75, 3.05) is 6.54 Å². The minimum absolute atomic E-state index is 0.692. The molecule has 1 aliphatic rings. The second-order valence-electron chi connectivity index (χ2n) is 2.99. The van der Waals surface area contributed by atoms with Crippen molar-refractivity contribution in [1.29, 1.82) is 0 Å². The summed E-state index contributed by atoms with van der Waals surface area (Å²) in [4.78, 5) is 4.36. The Balaban J connectivity index is 2.21. The molecule has 0 atom stereocenters. The topological polar surface area (TPSA) is 36.8 Å². The number of nitrogens with one attached hydrogen (secondary N) is 1. The van der Waals surface area contributed by atoms with Crippen molar-refractivity contribution in [3.05, 3.63) is 35.9 Å². The van der Waals surface area contributed by atoms with Crippen LogP contribution < -0.4 is 5.43 Å². The molecule has 0 unspecified atom stereocenters. The SMILES string of the molecule is CC1=NNC(c2ccccc2)=NC1. The molecule has 0 fully saturated rings. The fraction of sp³-hybridized carbons (Fsp3) is 0.200. The Morgan fingerprint density at radius 2 is 2.00 bits per heavy atom. The van der Waals surface area contributed by atoms with Gasteiger partial charge in [0, 0.05) is 5.56 Å². The predicted octanol–water partition coefficient (Wildman–Crippen LogP) is 1.41. The Morgan fingerprint density at radius 3 is 2.62 bits per heavy atom. The number of benzene rings is 1. The van der Waals surface area contributed by atoms with Crippen molar-refractivity contribution < 1.29 is 0 Å². The summed E-state index contributed by atoms with van der Waals surface area (Å²) in [6.45, 7) is 2.65. The zero-order valence-electron chi connectivity index (χ0n) is 7.49. The number of hydrazone groups is 1. The van der Waals surface area contributed by atoms with Crippen LogP contribution in [0.5, 0.6) is 0 Å². The smallest absolute Gasteiger partial charge is 0.149 e. The zero-order valence-corrected chi connectivity index (χ0v) is 7.49. The van der Waals surface area contributed by atoms with Gasteiger partial charge in [-0.25, -0.2) is 0 Å². The molecule has 0 aromatic heterocycles.